The predicted octanol–water partition coefficient (Wildman–Crippen LogP) is 3.63. The molecular weight excluding hydrogens is 278 g/mol. The number of benzene rings is 2. The van der Waals surface area contributed by atoms with E-state index in [1.165, 1.54) is 6.92 Å². The maximum Gasteiger partial charge on any atom is 0.308 e. The quantitative estimate of drug-likeness (QED) is 0.751. The van der Waals surface area contributed by atoms with Crippen LogP contribution >= 0.6 is 0 Å². The molecule has 0 spiro atoms. The van der Waals surface area contributed by atoms with Crippen LogP contribution in [0.15, 0.2) is 48.5 Å². The lowest BCUT2D eigenvalue weighted by atomic mass is 10.2. The van der Waals surface area contributed by atoms with Gasteiger partial charge in [0.1, 0.15) is 5.75 Å². The van der Waals surface area contributed by atoms with E-state index in [-0.39, 0.29) is 11.7 Å². The summed E-state index contributed by atoms with van der Waals surface area (Å²) in [5.74, 6) is 0.289. The van der Waals surface area contributed by atoms with Gasteiger partial charge < -0.3 is 14.4 Å². The van der Waals surface area contributed by atoms with Gasteiger partial charge in [-0.25, -0.2) is 0 Å². The van der Waals surface area contributed by atoms with Crippen LogP contribution in [0, 0.1) is 6.92 Å². The number of phenolic OH excluding ortho intramolecular Hbond substituents is 1. The van der Waals surface area contributed by atoms with E-state index in [9.17, 15) is 9.90 Å². The number of fused-ring (bicyclic) bond motifs is 1. The molecule has 0 bridgehead atoms. The van der Waals surface area contributed by atoms with Crippen LogP contribution in [0.5, 0.6) is 11.5 Å². The van der Waals surface area contributed by atoms with Crippen molar-refractivity contribution >= 4 is 16.9 Å². The fourth-order valence-electron chi connectivity index (χ4n) is 2.68. The van der Waals surface area contributed by atoms with Crippen molar-refractivity contribution in [2.75, 3.05) is 0 Å². The SMILES string of the molecule is CC(=O)Oc1c(C)n(Cc2ccccc2)c2ccc(O)cc12. The molecule has 0 aliphatic heterocycles. The molecule has 22 heavy (non-hydrogen) atoms. The highest BCUT2D eigenvalue weighted by atomic mass is 16.5. The number of hydrogen-bond acceptors (Lipinski definition) is 3. The zero-order chi connectivity index (χ0) is 15.7. The third-order valence-corrected chi connectivity index (χ3v) is 3.68. The Balaban J connectivity index is 2.17. The summed E-state index contributed by atoms with van der Waals surface area (Å²) in [6.45, 7) is 3.97. The Labute approximate surface area is 128 Å². The number of nitrogens with zero attached hydrogens (tertiary/aromatic N) is 1. The highest BCUT2D eigenvalue weighted by Crippen LogP contribution is 2.35. The standard InChI is InChI=1S/C18H17NO3/c1-12-18(22-13(2)20)16-10-15(21)8-9-17(16)19(12)11-14-6-4-3-5-7-14/h3-10,21H,11H2,1-2H3. The molecule has 3 rings (SSSR count). The van der Waals surface area contributed by atoms with Gasteiger partial charge in [-0.1, -0.05) is 30.3 Å². The van der Waals surface area contributed by atoms with Crippen molar-refractivity contribution in [3.8, 4) is 11.5 Å². The fraction of sp³-hybridized carbons (Fsp3) is 0.167. The minimum Gasteiger partial charge on any atom is -0.508 e. The van der Waals surface area contributed by atoms with E-state index in [2.05, 4.69) is 16.7 Å². The average Bonchev–Trinajstić information content (AvgIpc) is 2.73. The number of hydrogen-bond donors (Lipinski definition) is 1. The molecule has 0 unspecified atom stereocenters. The first kappa shape index (κ1) is 14.2. The number of carbonyl (C=O) groups excluding carboxylic acids is 1. The van der Waals surface area contributed by atoms with Gasteiger partial charge in [-0.15, -0.1) is 0 Å². The topological polar surface area (TPSA) is 51.5 Å². The smallest absolute Gasteiger partial charge is 0.308 e. The van der Waals surface area contributed by atoms with Gasteiger partial charge in [0, 0.05) is 18.9 Å². The Kier molecular flexibility index (Phi) is 3.59. The van der Waals surface area contributed by atoms with Crippen LogP contribution in [0.3, 0.4) is 0 Å². The maximum atomic E-state index is 11.4. The second-order valence-electron chi connectivity index (χ2n) is 5.28. The van der Waals surface area contributed by atoms with Crippen molar-refractivity contribution in [1.82, 2.24) is 4.57 Å². The Hall–Kier alpha value is -2.75. The molecule has 0 radical (unpaired) electrons. The lowest BCUT2D eigenvalue weighted by Gasteiger charge is -2.08. The molecule has 0 saturated carbocycles. The van der Waals surface area contributed by atoms with Crippen molar-refractivity contribution in [3.05, 3.63) is 59.8 Å². The van der Waals surface area contributed by atoms with Gasteiger partial charge in [-0.2, -0.15) is 0 Å². The Morgan fingerprint density at radius 1 is 1.18 bits per heavy atom. The molecule has 1 N–H and O–H groups in total. The number of esters is 1. The number of phenols is 1. The van der Waals surface area contributed by atoms with Crippen LogP contribution < -0.4 is 4.74 Å². The molecule has 0 aliphatic rings. The van der Waals surface area contributed by atoms with Crippen LogP contribution in [0.2, 0.25) is 0 Å². The van der Waals surface area contributed by atoms with Crippen molar-refractivity contribution < 1.29 is 14.6 Å². The lowest BCUT2D eigenvalue weighted by Crippen LogP contribution is -2.05. The lowest BCUT2D eigenvalue weighted by molar-refractivity contribution is -0.131. The third kappa shape index (κ3) is 2.55. The molecule has 0 aliphatic carbocycles. The summed E-state index contributed by atoms with van der Waals surface area (Å²) in [4.78, 5) is 11.4. The molecular formula is C18H17NO3. The molecule has 4 nitrogen and oxygen atoms in total. The van der Waals surface area contributed by atoms with Gasteiger partial charge in [-0.05, 0) is 30.7 Å². The molecule has 0 fully saturated rings. The van der Waals surface area contributed by atoms with Crippen LogP contribution in [-0.4, -0.2) is 15.6 Å². The van der Waals surface area contributed by atoms with E-state index in [4.69, 9.17) is 4.74 Å². The van der Waals surface area contributed by atoms with E-state index in [0.29, 0.717) is 12.3 Å². The first-order chi connectivity index (χ1) is 10.6. The van der Waals surface area contributed by atoms with Gasteiger partial charge in [0.05, 0.1) is 11.2 Å². The van der Waals surface area contributed by atoms with Gasteiger partial charge in [0.2, 0.25) is 0 Å². The summed E-state index contributed by atoms with van der Waals surface area (Å²) in [6.07, 6.45) is 0. The monoisotopic (exact) mass is 295 g/mol. The molecule has 0 atom stereocenters. The van der Waals surface area contributed by atoms with Crippen LogP contribution in [0.1, 0.15) is 18.2 Å². The zero-order valence-corrected chi connectivity index (χ0v) is 12.5. The van der Waals surface area contributed by atoms with Gasteiger partial charge in [0.15, 0.2) is 5.75 Å². The summed E-state index contributed by atoms with van der Waals surface area (Å²) in [6, 6.07) is 15.2. The van der Waals surface area contributed by atoms with E-state index >= 15 is 0 Å². The number of aromatic nitrogens is 1. The normalized spacial score (nSPS) is 10.8. The van der Waals surface area contributed by atoms with Crippen molar-refractivity contribution in [2.24, 2.45) is 0 Å². The summed E-state index contributed by atoms with van der Waals surface area (Å²) in [5.41, 5.74) is 2.94. The maximum absolute atomic E-state index is 11.4. The third-order valence-electron chi connectivity index (χ3n) is 3.68. The Bertz CT molecular complexity index is 834. The van der Waals surface area contributed by atoms with Crippen LogP contribution in [0.25, 0.3) is 10.9 Å². The van der Waals surface area contributed by atoms with Crippen molar-refractivity contribution in [2.45, 2.75) is 20.4 Å². The summed E-state index contributed by atoms with van der Waals surface area (Å²) < 4.78 is 7.45. The minimum absolute atomic E-state index is 0.151. The van der Waals surface area contributed by atoms with Crippen molar-refractivity contribution in [1.29, 1.82) is 0 Å². The van der Waals surface area contributed by atoms with Crippen LogP contribution in [-0.2, 0) is 11.3 Å². The predicted molar refractivity (Wildman–Crippen MR) is 85.2 cm³/mol. The van der Waals surface area contributed by atoms with Gasteiger partial charge in [-0.3, -0.25) is 4.79 Å². The highest BCUT2D eigenvalue weighted by Gasteiger charge is 2.17. The summed E-state index contributed by atoms with van der Waals surface area (Å²) in [5, 5.41) is 10.5. The number of rotatable bonds is 3. The average molecular weight is 295 g/mol. The number of ether oxygens (including phenoxy) is 1. The molecule has 2 aromatic carbocycles. The molecule has 4 heteroatoms. The second-order valence-corrected chi connectivity index (χ2v) is 5.28. The molecule has 3 aromatic rings. The molecule has 0 amide bonds. The summed E-state index contributed by atoms with van der Waals surface area (Å²) in [7, 11) is 0. The first-order valence-corrected chi connectivity index (χ1v) is 7.10. The number of carbonyl (C=O) groups is 1. The van der Waals surface area contributed by atoms with Crippen LogP contribution in [0.4, 0.5) is 0 Å². The molecule has 1 heterocycles. The number of aromatic hydroxyl groups is 1. The summed E-state index contributed by atoms with van der Waals surface area (Å²) >= 11 is 0. The first-order valence-electron chi connectivity index (χ1n) is 7.10. The van der Waals surface area contributed by atoms with E-state index in [1.54, 1.807) is 12.1 Å². The van der Waals surface area contributed by atoms with Gasteiger partial charge in [0.25, 0.3) is 0 Å². The van der Waals surface area contributed by atoms with E-state index in [0.717, 1.165) is 22.2 Å². The van der Waals surface area contributed by atoms with E-state index in [1.807, 2.05) is 31.2 Å². The Morgan fingerprint density at radius 3 is 2.59 bits per heavy atom. The van der Waals surface area contributed by atoms with Gasteiger partial charge >= 0.3 is 5.97 Å². The second kappa shape index (κ2) is 5.56. The van der Waals surface area contributed by atoms with E-state index < -0.39 is 0 Å². The minimum atomic E-state index is -0.370. The fourth-order valence-corrected chi connectivity index (χ4v) is 2.68. The highest BCUT2D eigenvalue weighted by molar-refractivity contribution is 5.91. The molecule has 0 saturated heterocycles. The zero-order valence-electron chi connectivity index (χ0n) is 12.5. The molecule has 112 valence electrons. The largest absolute Gasteiger partial charge is 0.508 e. The van der Waals surface area contributed by atoms with Crippen molar-refractivity contribution in [3.63, 3.8) is 0 Å². The molecule has 1 aromatic heterocycles. The Morgan fingerprint density at radius 2 is 1.91 bits per heavy atom.